The molecule has 2 aliphatic heterocycles. The highest BCUT2D eigenvalue weighted by Crippen LogP contribution is 2.27. The van der Waals surface area contributed by atoms with Crippen LogP contribution in [0.1, 0.15) is 24.8 Å². The number of hydrogen-bond acceptors (Lipinski definition) is 3. The first-order valence-electron chi connectivity index (χ1n) is 8.41. The van der Waals surface area contributed by atoms with Gasteiger partial charge in [-0.3, -0.25) is 9.59 Å². The Kier molecular flexibility index (Phi) is 6.24. The van der Waals surface area contributed by atoms with Gasteiger partial charge < -0.3 is 15.1 Å². The van der Waals surface area contributed by atoms with Crippen LogP contribution in [0.4, 0.5) is 5.69 Å². The maximum Gasteiger partial charge on any atom is 0.228 e. The highest BCUT2D eigenvalue weighted by Gasteiger charge is 2.38. The molecule has 2 fully saturated rings. The number of likely N-dealkylation sites (N-methyl/N-ethyl adjacent to an activating group) is 1. The van der Waals surface area contributed by atoms with Crippen molar-refractivity contribution in [2.45, 2.75) is 32.2 Å². The van der Waals surface area contributed by atoms with E-state index in [4.69, 9.17) is 0 Å². The van der Waals surface area contributed by atoms with Crippen LogP contribution in [0, 0.1) is 12.8 Å². The van der Waals surface area contributed by atoms with Gasteiger partial charge in [0.25, 0.3) is 0 Å². The van der Waals surface area contributed by atoms with Gasteiger partial charge in [-0.15, -0.1) is 12.4 Å². The Labute approximate surface area is 149 Å². The lowest BCUT2D eigenvalue weighted by Gasteiger charge is -2.34. The molecule has 132 valence electrons. The Hall–Kier alpha value is -1.59. The summed E-state index contributed by atoms with van der Waals surface area (Å²) in [5.41, 5.74) is 2.06. The molecule has 2 amide bonds. The van der Waals surface area contributed by atoms with Gasteiger partial charge in [0.05, 0.1) is 5.92 Å². The van der Waals surface area contributed by atoms with Crippen molar-refractivity contribution < 1.29 is 9.59 Å². The van der Waals surface area contributed by atoms with E-state index in [0.717, 1.165) is 31.6 Å². The predicted octanol–water partition coefficient (Wildman–Crippen LogP) is 1.98. The van der Waals surface area contributed by atoms with Crippen LogP contribution in [0.3, 0.4) is 0 Å². The molecule has 6 heteroatoms. The van der Waals surface area contributed by atoms with E-state index in [1.54, 1.807) is 4.90 Å². The topological polar surface area (TPSA) is 52.7 Å². The van der Waals surface area contributed by atoms with E-state index in [-0.39, 0.29) is 30.1 Å². The van der Waals surface area contributed by atoms with Crippen molar-refractivity contribution in [3.8, 4) is 0 Å². The molecule has 2 atom stereocenters. The number of carbonyl (C=O) groups is 2. The summed E-state index contributed by atoms with van der Waals surface area (Å²) in [5, 5.41) is 3.26. The average Bonchev–Trinajstić information content (AvgIpc) is 2.97. The number of nitrogens with one attached hydrogen (secondary N) is 1. The second kappa shape index (κ2) is 7.99. The van der Waals surface area contributed by atoms with Crippen molar-refractivity contribution in [3.63, 3.8) is 0 Å². The van der Waals surface area contributed by atoms with Crippen LogP contribution in [-0.4, -0.2) is 49.4 Å². The molecule has 1 aromatic carbocycles. The number of nitrogens with zero attached hydrogens (tertiary/aromatic N) is 2. The lowest BCUT2D eigenvalue weighted by Crippen LogP contribution is -2.49. The molecule has 1 aromatic rings. The zero-order chi connectivity index (χ0) is 16.4. The Morgan fingerprint density at radius 3 is 2.58 bits per heavy atom. The van der Waals surface area contributed by atoms with E-state index in [9.17, 15) is 9.59 Å². The Balaban J connectivity index is 0.00000208. The van der Waals surface area contributed by atoms with Crippen molar-refractivity contribution in [1.29, 1.82) is 0 Å². The van der Waals surface area contributed by atoms with Crippen LogP contribution >= 0.6 is 12.4 Å². The average molecular weight is 352 g/mol. The van der Waals surface area contributed by atoms with Crippen LogP contribution in [0.2, 0.25) is 0 Å². The molecule has 0 radical (unpaired) electrons. The molecule has 2 unspecified atom stereocenters. The fourth-order valence-corrected chi connectivity index (χ4v) is 3.52. The molecule has 1 N–H and O–H groups in total. The molecule has 0 aromatic heterocycles. The maximum absolute atomic E-state index is 12.8. The Bertz CT molecular complexity index is 590. The maximum atomic E-state index is 12.8. The standard InChI is InChI=1S/C18H25N3O2.ClH/c1-13-5-7-16(8-6-13)21-11-14(10-17(21)22)18(23)20-9-3-4-15(12-20)19-2;/h5-8,14-15,19H,3-4,9-12H2,1-2H3;1H. The molecule has 3 rings (SSSR count). The third-order valence-electron chi connectivity index (χ3n) is 4.96. The molecule has 2 heterocycles. The fraction of sp³-hybridized carbons (Fsp3) is 0.556. The number of amides is 2. The highest BCUT2D eigenvalue weighted by atomic mass is 35.5. The highest BCUT2D eigenvalue weighted by molar-refractivity contribution is 6.00. The number of piperidine rings is 1. The van der Waals surface area contributed by atoms with Gasteiger partial charge in [-0.1, -0.05) is 17.7 Å². The number of halogens is 1. The van der Waals surface area contributed by atoms with Gasteiger partial charge in [0, 0.05) is 37.8 Å². The van der Waals surface area contributed by atoms with Crippen molar-refractivity contribution >= 4 is 29.9 Å². The van der Waals surface area contributed by atoms with Gasteiger partial charge in [-0.05, 0) is 38.9 Å². The molecular weight excluding hydrogens is 326 g/mol. The van der Waals surface area contributed by atoms with Gasteiger partial charge in [0.2, 0.25) is 11.8 Å². The molecule has 24 heavy (non-hydrogen) atoms. The lowest BCUT2D eigenvalue weighted by atomic mass is 10.0. The SMILES string of the molecule is CNC1CCCN(C(=O)C2CC(=O)N(c3ccc(C)cc3)C2)C1.Cl. The molecule has 0 aliphatic carbocycles. The minimum absolute atomic E-state index is 0. The summed E-state index contributed by atoms with van der Waals surface area (Å²) < 4.78 is 0. The summed E-state index contributed by atoms with van der Waals surface area (Å²) in [5.74, 6) is -0.0262. The number of rotatable bonds is 3. The summed E-state index contributed by atoms with van der Waals surface area (Å²) in [6, 6.07) is 8.29. The largest absolute Gasteiger partial charge is 0.341 e. The smallest absolute Gasteiger partial charge is 0.228 e. The minimum Gasteiger partial charge on any atom is -0.341 e. The number of hydrogen-bond donors (Lipinski definition) is 1. The third-order valence-corrected chi connectivity index (χ3v) is 4.96. The zero-order valence-corrected chi connectivity index (χ0v) is 15.1. The molecule has 2 aliphatic rings. The van der Waals surface area contributed by atoms with E-state index >= 15 is 0 Å². The van der Waals surface area contributed by atoms with E-state index in [0.29, 0.717) is 19.0 Å². The van der Waals surface area contributed by atoms with Gasteiger partial charge in [0.1, 0.15) is 0 Å². The Morgan fingerprint density at radius 1 is 1.21 bits per heavy atom. The van der Waals surface area contributed by atoms with Crippen molar-refractivity contribution in [2.75, 3.05) is 31.6 Å². The van der Waals surface area contributed by atoms with E-state index in [1.807, 2.05) is 43.1 Å². The number of benzene rings is 1. The molecular formula is C18H26ClN3O2. The second-order valence-corrected chi connectivity index (χ2v) is 6.65. The van der Waals surface area contributed by atoms with Crippen LogP contribution in [0.15, 0.2) is 24.3 Å². The molecule has 5 nitrogen and oxygen atoms in total. The van der Waals surface area contributed by atoms with Crippen LogP contribution < -0.4 is 10.2 Å². The summed E-state index contributed by atoms with van der Waals surface area (Å²) in [4.78, 5) is 28.8. The van der Waals surface area contributed by atoms with Crippen molar-refractivity contribution in [2.24, 2.45) is 5.92 Å². The summed E-state index contributed by atoms with van der Waals surface area (Å²) in [6.45, 7) is 4.09. The minimum atomic E-state index is -0.209. The van der Waals surface area contributed by atoms with Crippen LogP contribution in [0.5, 0.6) is 0 Å². The normalized spacial score (nSPS) is 24.0. The van der Waals surface area contributed by atoms with Crippen LogP contribution in [-0.2, 0) is 9.59 Å². The third kappa shape index (κ3) is 3.90. The zero-order valence-electron chi connectivity index (χ0n) is 14.3. The van der Waals surface area contributed by atoms with Gasteiger partial charge in [0.15, 0.2) is 0 Å². The first kappa shape index (κ1) is 18.7. The van der Waals surface area contributed by atoms with E-state index in [1.165, 1.54) is 5.56 Å². The predicted molar refractivity (Wildman–Crippen MR) is 97.5 cm³/mol. The quantitative estimate of drug-likeness (QED) is 0.906. The first-order valence-corrected chi connectivity index (χ1v) is 8.41. The van der Waals surface area contributed by atoms with Crippen molar-refractivity contribution in [1.82, 2.24) is 10.2 Å². The fourth-order valence-electron chi connectivity index (χ4n) is 3.52. The lowest BCUT2D eigenvalue weighted by molar-refractivity contribution is -0.137. The van der Waals surface area contributed by atoms with Crippen LogP contribution in [0.25, 0.3) is 0 Å². The second-order valence-electron chi connectivity index (χ2n) is 6.65. The Morgan fingerprint density at radius 2 is 1.92 bits per heavy atom. The number of carbonyl (C=O) groups excluding carboxylic acids is 2. The van der Waals surface area contributed by atoms with E-state index in [2.05, 4.69) is 5.32 Å². The molecule has 0 spiro atoms. The van der Waals surface area contributed by atoms with Crippen molar-refractivity contribution in [3.05, 3.63) is 29.8 Å². The molecule has 0 bridgehead atoms. The molecule has 2 saturated heterocycles. The molecule has 0 saturated carbocycles. The van der Waals surface area contributed by atoms with Gasteiger partial charge in [-0.2, -0.15) is 0 Å². The van der Waals surface area contributed by atoms with Gasteiger partial charge >= 0.3 is 0 Å². The summed E-state index contributed by atoms with van der Waals surface area (Å²) in [7, 11) is 1.94. The summed E-state index contributed by atoms with van der Waals surface area (Å²) >= 11 is 0. The monoisotopic (exact) mass is 351 g/mol. The van der Waals surface area contributed by atoms with E-state index < -0.39 is 0 Å². The first-order chi connectivity index (χ1) is 11.1. The number of likely N-dealkylation sites (tertiary alicyclic amines) is 1. The number of anilines is 1. The number of aryl methyl sites for hydroxylation is 1. The summed E-state index contributed by atoms with van der Waals surface area (Å²) in [6.07, 6.45) is 2.46. The van der Waals surface area contributed by atoms with Gasteiger partial charge in [-0.25, -0.2) is 0 Å².